The second-order valence-corrected chi connectivity index (χ2v) is 9.33. The number of phenols is 2. The smallest absolute Gasteiger partial charge is 0.164 e. The lowest BCUT2D eigenvalue weighted by Gasteiger charge is -2.38. The van der Waals surface area contributed by atoms with E-state index in [1.807, 2.05) is 31.2 Å². The van der Waals surface area contributed by atoms with Gasteiger partial charge in [-0.1, -0.05) is 31.5 Å². The minimum Gasteiger partial charge on any atom is -0.508 e. The molecule has 0 spiro atoms. The van der Waals surface area contributed by atoms with Crippen LogP contribution in [0.1, 0.15) is 43.1 Å². The molecule has 0 bridgehead atoms. The Bertz CT molecular complexity index is 1250. The number of likely N-dealkylation sites (tertiary alicyclic amines) is 1. The molecule has 5 rings (SSSR count). The second kappa shape index (κ2) is 9.62. The van der Waals surface area contributed by atoms with Crippen LogP contribution in [0.2, 0.25) is 0 Å². The van der Waals surface area contributed by atoms with Crippen LogP contribution in [-0.2, 0) is 0 Å². The first kappa shape index (κ1) is 23.2. The molecule has 182 valence electrons. The van der Waals surface area contributed by atoms with Crippen LogP contribution in [0.15, 0.2) is 60.7 Å². The lowest BCUT2D eigenvalue weighted by molar-refractivity contribution is 0.0806. The summed E-state index contributed by atoms with van der Waals surface area (Å²) >= 11 is 0. The number of halogens is 1. The highest BCUT2D eigenvalue weighted by Gasteiger charge is 2.30. The van der Waals surface area contributed by atoms with Gasteiger partial charge in [0, 0.05) is 36.8 Å². The minimum atomic E-state index is -0.671. The average Bonchev–Trinajstić information content (AvgIpc) is 2.82. The maximum Gasteiger partial charge on any atom is 0.164 e. The molecule has 2 aliphatic heterocycles. The van der Waals surface area contributed by atoms with E-state index in [4.69, 9.17) is 9.47 Å². The van der Waals surface area contributed by atoms with Crippen molar-refractivity contribution < 1.29 is 24.1 Å². The summed E-state index contributed by atoms with van der Waals surface area (Å²) in [6.07, 6.45) is 0.731. The number of fused-ring (bicyclic) bond motifs is 1. The Morgan fingerprint density at radius 2 is 1.80 bits per heavy atom. The van der Waals surface area contributed by atoms with Gasteiger partial charge in [0.05, 0.1) is 0 Å². The maximum absolute atomic E-state index is 13.8. The van der Waals surface area contributed by atoms with Crippen LogP contribution in [-0.4, -0.2) is 41.4 Å². The first-order chi connectivity index (χ1) is 16.9. The standard InChI is InChI=1S/C29H30FNO4/c1-3-19-16-31(17-19)12-13-34-23-8-4-20(5-9-23)29-28(21-6-11-25(30)26(33)14-21)18(2)24-10-7-22(32)15-27(24)35-29/h4-11,14-15,19,29,32-33H,3,12-13,16-17H2,1-2H3. The highest BCUT2D eigenvalue weighted by Crippen LogP contribution is 2.48. The van der Waals surface area contributed by atoms with Crippen molar-refractivity contribution in [2.45, 2.75) is 26.4 Å². The Morgan fingerprint density at radius 1 is 1.03 bits per heavy atom. The summed E-state index contributed by atoms with van der Waals surface area (Å²) in [5.41, 5.74) is 4.16. The Labute approximate surface area is 205 Å². The van der Waals surface area contributed by atoms with Crippen LogP contribution in [0.4, 0.5) is 4.39 Å². The lowest BCUT2D eigenvalue weighted by Crippen LogP contribution is -2.47. The molecule has 3 aromatic rings. The summed E-state index contributed by atoms with van der Waals surface area (Å²) in [5.74, 6) is 1.23. The second-order valence-electron chi connectivity index (χ2n) is 9.33. The normalized spacial score (nSPS) is 18.1. The Balaban J connectivity index is 1.40. The molecule has 1 fully saturated rings. The van der Waals surface area contributed by atoms with E-state index < -0.39 is 17.7 Å². The monoisotopic (exact) mass is 475 g/mol. The first-order valence-corrected chi connectivity index (χ1v) is 12.1. The molecule has 1 saturated heterocycles. The molecule has 2 N–H and O–H groups in total. The molecule has 1 unspecified atom stereocenters. The van der Waals surface area contributed by atoms with Gasteiger partial charge >= 0.3 is 0 Å². The van der Waals surface area contributed by atoms with Gasteiger partial charge in [0.15, 0.2) is 11.6 Å². The number of nitrogens with zero attached hydrogens (tertiary/aromatic N) is 1. The summed E-state index contributed by atoms with van der Waals surface area (Å²) in [6, 6.07) is 17.1. The Hall–Kier alpha value is -3.51. The van der Waals surface area contributed by atoms with Crippen LogP contribution >= 0.6 is 0 Å². The predicted molar refractivity (Wildman–Crippen MR) is 134 cm³/mol. The van der Waals surface area contributed by atoms with Crippen molar-refractivity contribution in [2.24, 2.45) is 5.92 Å². The van der Waals surface area contributed by atoms with Crippen molar-refractivity contribution in [3.05, 3.63) is 83.2 Å². The fourth-order valence-electron chi connectivity index (χ4n) is 4.88. The zero-order valence-corrected chi connectivity index (χ0v) is 20.0. The number of rotatable bonds is 7. The van der Waals surface area contributed by atoms with Crippen molar-refractivity contribution >= 4 is 11.1 Å². The molecular formula is C29H30FNO4. The van der Waals surface area contributed by atoms with E-state index >= 15 is 0 Å². The number of benzene rings is 3. The minimum absolute atomic E-state index is 0.120. The molecule has 1 atom stereocenters. The third-order valence-electron chi connectivity index (χ3n) is 7.01. The molecule has 35 heavy (non-hydrogen) atoms. The molecule has 3 aromatic carbocycles. The summed E-state index contributed by atoms with van der Waals surface area (Å²) in [4.78, 5) is 2.41. The summed E-state index contributed by atoms with van der Waals surface area (Å²) in [5, 5.41) is 20.0. The third kappa shape index (κ3) is 4.71. The van der Waals surface area contributed by atoms with Crippen molar-refractivity contribution in [3.63, 3.8) is 0 Å². The van der Waals surface area contributed by atoms with Crippen molar-refractivity contribution in [1.82, 2.24) is 4.90 Å². The van der Waals surface area contributed by atoms with Gasteiger partial charge in [0.25, 0.3) is 0 Å². The van der Waals surface area contributed by atoms with Gasteiger partial charge in [0.2, 0.25) is 0 Å². The van der Waals surface area contributed by atoms with E-state index in [0.717, 1.165) is 53.6 Å². The van der Waals surface area contributed by atoms with Gasteiger partial charge in [-0.05, 0) is 65.9 Å². The van der Waals surface area contributed by atoms with E-state index in [-0.39, 0.29) is 5.75 Å². The van der Waals surface area contributed by atoms with Gasteiger partial charge < -0.3 is 19.7 Å². The van der Waals surface area contributed by atoms with Gasteiger partial charge in [0.1, 0.15) is 30.0 Å². The molecule has 0 aromatic heterocycles. The zero-order valence-electron chi connectivity index (χ0n) is 20.0. The molecule has 2 aliphatic rings. The highest BCUT2D eigenvalue weighted by molar-refractivity contribution is 5.95. The number of allylic oxidation sites excluding steroid dienone is 1. The fourth-order valence-corrected chi connectivity index (χ4v) is 4.88. The maximum atomic E-state index is 13.8. The van der Waals surface area contributed by atoms with Crippen LogP contribution < -0.4 is 9.47 Å². The molecular weight excluding hydrogens is 445 g/mol. The fraction of sp³-hybridized carbons (Fsp3) is 0.310. The highest BCUT2D eigenvalue weighted by atomic mass is 19.1. The number of phenolic OH excluding ortho intramolecular Hbond substituents is 2. The van der Waals surface area contributed by atoms with Crippen molar-refractivity contribution in [2.75, 3.05) is 26.2 Å². The number of ether oxygens (including phenoxy) is 2. The average molecular weight is 476 g/mol. The Morgan fingerprint density at radius 3 is 2.51 bits per heavy atom. The molecule has 2 heterocycles. The van der Waals surface area contributed by atoms with Crippen LogP contribution in [0, 0.1) is 11.7 Å². The summed E-state index contributed by atoms with van der Waals surface area (Å²) in [7, 11) is 0. The zero-order chi connectivity index (χ0) is 24.5. The van der Waals surface area contributed by atoms with E-state index in [1.54, 1.807) is 24.3 Å². The van der Waals surface area contributed by atoms with Crippen molar-refractivity contribution in [1.29, 1.82) is 0 Å². The molecule has 0 aliphatic carbocycles. The predicted octanol–water partition coefficient (Wildman–Crippen LogP) is 6.02. The summed E-state index contributed by atoms with van der Waals surface area (Å²) in [6.45, 7) is 8.08. The number of hydrogen-bond acceptors (Lipinski definition) is 5. The largest absolute Gasteiger partial charge is 0.508 e. The topological polar surface area (TPSA) is 62.2 Å². The van der Waals surface area contributed by atoms with E-state index in [2.05, 4.69) is 11.8 Å². The van der Waals surface area contributed by atoms with Gasteiger partial charge in [-0.15, -0.1) is 0 Å². The molecule has 0 amide bonds. The molecule has 0 saturated carbocycles. The molecule has 5 nitrogen and oxygen atoms in total. The lowest BCUT2D eigenvalue weighted by atomic mass is 9.86. The van der Waals surface area contributed by atoms with Crippen LogP contribution in [0.3, 0.4) is 0 Å². The van der Waals surface area contributed by atoms with E-state index in [1.165, 1.54) is 18.6 Å². The van der Waals surface area contributed by atoms with Gasteiger partial charge in [-0.25, -0.2) is 4.39 Å². The van der Waals surface area contributed by atoms with Crippen LogP contribution in [0.25, 0.3) is 11.1 Å². The molecule has 0 radical (unpaired) electrons. The van der Waals surface area contributed by atoms with Gasteiger partial charge in [-0.3, -0.25) is 4.90 Å². The van der Waals surface area contributed by atoms with Crippen molar-refractivity contribution in [3.8, 4) is 23.0 Å². The summed E-state index contributed by atoms with van der Waals surface area (Å²) < 4.78 is 26.1. The third-order valence-corrected chi connectivity index (χ3v) is 7.01. The van der Waals surface area contributed by atoms with Gasteiger partial charge in [-0.2, -0.15) is 0 Å². The Kier molecular flexibility index (Phi) is 6.39. The SMILES string of the molecule is CCC1CN(CCOc2ccc(C3Oc4cc(O)ccc4C(C)=C3c3ccc(F)c(O)c3)cc2)C1. The number of hydrogen-bond donors (Lipinski definition) is 2. The number of aromatic hydroxyl groups is 2. The van der Waals surface area contributed by atoms with Crippen LogP contribution in [0.5, 0.6) is 23.0 Å². The molecule has 6 heteroatoms. The van der Waals surface area contributed by atoms with E-state index in [9.17, 15) is 14.6 Å². The quantitative estimate of drug-likeness (QED) is 0.437. The van der Waals surface area contributed by atoms with E-state index in [0.29, 0.717) is 17.9 Å². The first-order valence-electron chi connectivity index (χ1n) is 12.1.